The van der Waals surface area contributed by atoms with Crippen LogP contribution in [0.2, 0.25) is 0 Å². The topological polar surface area (TPSA) is 26.3 Å². The van der Waals surface area contributed by atoms with Crippen LogP contribution in [0.25, 0.3) is 10.8 Å². The third kappa shape index (κ3) is 2.33. The molecule has 0 saturated carbocycles. The fourth-order valence-corrected chi connectivity index (χ4v) is 2.71. The van der Waals surface area contributed by atoms with Crippen molar-refractivity contribution in [3.8, 4) is 0 Å². The lowest BCUT2D eigenvalue weighted by molar-refractivity contribution is -0.128. The lowest BCUT2D eigenvalue weighted by atomic mass is 9.98. The van der Waals surface area contributed by atoms with Crippen LogP contribution < -0.4 is 0 Å². The second-order valence-corrected chi connectivity index (χ2v) is 5.52. The lowest BCUT2D eigenvalue weighted by Crippen LogP contribution is -2.19. The normalized spacial score (nSPS) is 20.3. The number of ketones is 1. The molecule has 3 heteroatoms. The second-order valence-electron chi connectivity index (χ2n) is 4.60. The molecule has 1 aliphatic rings. The predicted molar refractivity (Wildman–Crippen MR) is 74.6 cm³/mol. The van der Waals surface area contributed by atoms with Gasteiger partial charge in [0.1, 0.15) is 5.78 Å². The Kier molecular flexibility index (Phi) is 3.18. The second kappa shape index (κ2) is 4.82. The quantitative estimate of drug-likeness (QED) is 0.795. The molecule has 1 atom stereocenters. The highest BCUT2D eigenvalue weighted by molar-refractivity contribution is 9.10. The van der Waals surface area contributed by atoms with E-state index in [0.717, 1.165) is 10.0 Å². The van der Waals surface area contributed by atoms with Gasteiger partial charge in [-0.3, -0.25) is 4.79 Å². The minimum absolute atomic E-state index is 0.0701. The first-order chi connectivity index (χ1) is 8.72. The van der Waals surface area contributed by atoms with Gasteiger partial charge >= 0.3 is 0 Å². The van der Waals surface area contributed by atoms with Gasteiger partial charge in [-0.15, -0.1) is 0 Å². The number of carbonyl (C=O) groups excluding carboxylic acids is 1. The average molecular weight is 305 g/mol. The summed E-state index contributed by atoms with van der Waals surface area (Å²) < 4.78 is 6.75. The first kappa shape index (κ1) is 11.9. The summed E-state index contributed by atoms with van der Waals surface area (Å²) in [4.78, 5) is 11.5. The molecule has 18 heavy (non-hydrogen) atoms. The molecule has 0 amide bonds. The summed E-state index contributed by atoms with van der Waals surface area (Å²) in [5.41, 5.74) is 1.10. The van der Waals surface area contributed by atoms with E-state index >= 15 is 0 Å². The van der Waals surface area contributed by atoms with Crippen molar-refractivity contribution in [1.82, 2.24) is 0 Å². The number of ether oxygens (including phenoxy) is 1. The molecule has 1 heterocycles. The first-order valence-electron chi connectivity index (χ1n) is 6.05. The van der Waals surface area contributed by atoms with E-state index in [4.69, 9.17) is 4.74 Å². The zero-order valence-electron chi connectivity index (χ0n) is 9.86. The number of carbonyl (C=O) groups is 1. The molecule has 2 nitrogen and oxygen atoms in total. The summed E-state index contributed by atoms with van der Waals surface area (Å²) in [6, 6.07) is 12.4. The molecule has 92 valence electrons. The van der Waals surface area contributed by atoms with Crippen LogP contribution in [-0.4, -0.2) is 12.4 Å². The highest BCUT2D eigenvalue weighted by atomic mass is 79.9. The maximum Gasteiger partial charge on any atom is 0.138 e. The number of benzene rings is 2. The number of hydrogen-bond donors (Lipinski definition) is 0. The van der Waals surface area contributed by atoms with Gasteiger partial charge in [0.15, 0.2) is 0 Å². The van der Waals surface area contributed by atoms with Gasteiger partial charge in [-0.2, -0.15) is 0 Å². The van der Waals surface area contributed by atoms with Crippen molar-refractivity contribution in [2.24, 2.45) is 0 Å². The zero-order valence-corrected chi connectivity index (χ0v) is 11.4. The minimum atomic E-state index is -0.0701. The van der Waals surface area contributed by atoms with Gasteiger partial charge in [-0.25, -0.2) is 0 Å². The predicted octanol–water partition coefficient (Wildman–Crippen LogP) is 4.02. The van der Waals surface area contributed by atoms with Crippen molar-refractivity contribution in [2.45, 2.75) is 18.9 Å². The molecular formula is C15H13BrO2. The number of rotatable bonds is 1. The highest BCUT2D eigenvalue weighted by Gasteiger charge is 2.21. The Balaban J connectivity index is 1.97. The van der Waals surface area contributed by atoms with Crippen LogP contribution in [0.15, 0.2) is 40.9 Å². The molecule has 0 aromatic heterocycles. The number of hydrogen-bond acceptors (Lipinski definition) is 2. The van der Waals surface area contributed by atoms with Gasteiger partial charge in [0, 0.05) is 17.3 Å². The summed E-state index contributed by atoms with van der Waals surface area (Å²) >= 11 is 3.47. The molecule has 3 rings (SSSR count). The third-order valence-electron chi connectivity index (χ3n) is 3.31. The summed E-state index contributed by atoms with van der Waals surface area (Å²) in [5, 5.41) is 2.37. The molecule has 1 unspecified atom stereocenters. The van der Waals surface area contributed by atoms with Gasteiger partial charge in [-0.1, -0.05) is 34.1 Å². The fraction of sp³-hybridized carbons (Fsp3) is 0.267. The summed E-state index contributed by atoms with van der Waals surface area (Å²) in [5.74, 6) is 0.294. The molecule has 1 aliphatic heterocycles. The lowest BCUT2D eigenvalue weighted by Gasteiger charge is -2.22. The van der Waals surface area contributed by atoms with Crippen molar-refractivity contribution in [3.05, 3.63) is 46.4 Å². The van der Waals surface area contributed by atoms with Gasteiger partial charge in [0.05, 0.1) is 12.7 Å². The van der Waals surface area contributed by atoms with Crippen LogP contribution in [-0.2, 0) is 9.53 Å². The monoisotopic (exact) mass is 304 g/mol. The molecule has 0 spiro atoms. The standard InChI is InChI=1S/C15H13BrO2/c16-13-4-3-10-7-12(2-1-11(10)8-13)15-9-14(17)5-6-18-15/h1-4,7-8,15H,5-6,9H2. The molecule has 0 bridgehead atoms. The molecular weight excluding hydrogens is 292 g/mol. The van der Waals surface area contributed by atoms with Crippen LogP contribution in [0.3, 0.4) is 0 Å². The largest absolute Gasteiger partial charge is 0.373 e. The molecule has 0 aliphatic carbocycles. The van der Waals surface area contributed by atoms with E-state index < -0.39 is 0 Å². The van der Waals surface area contributed by atoms with Crippen LogP contribution in [0, 0.1) is 0 Å². The van der Waals surface area contributed by atoms with Gasteiger partial charge in [-0.05, 0) is 34.5 Å². The molecule has 2 aromatic rings. The number of halogens is 1. The summed E-state index contributed by atoms with van der Waals surface area (Å²) in [6.45, 7) is 0.544. The van der Waals surface area contributed by atoms with Crippen LogP contribution in [0.1, 0.15) is 24.5 Å². The number of fused-ring (bicyclic) bond motifs is 1. The van der Waals surface area contributed by atoms with E-state index in [0.29, 0.717) is 25.2 Å². The average Bonchev–Trinajstić information content (AvgIpc) is 2.38. The molecule has 1 saturated heterocycles. The van der Waals surface area contributed by atoms with E-state index in [2.05, 4.69) is 46.3 Å². The Morgan fingerprint density at radius 3 is 2.72 bits per heavy atom. The Hall–Kier alpha value is -1.19. The van der Waals surface area contributed by atoms with Crippen LogP contribution in [0.4, 0.5) is 0 Å². The van der Waals surface area contributed by atoms with E-state index in [1.54, 1.807) is 0 Å². The van der Waals surface area contributed by atoms with Crippen molar-refractivity contribution in [2.75, 3.05) is 6.61 Å². The van der Waals surface area contributed by atoms with Crippen molar-refractivity contribution >= 4 is 32.5 Å². The highest BCUT2D eigenvalue weighted by Crippen LogP contribution is 2.29. The molecule has 2 aromatic carbocycles. The van der Waals surface area contributed by atoms with Crippen LogP contribution >= 0.6 is 15.9 Å². The number of Topliss-reactive ketones (excluding diaryl/α,β-unsaturated/α-hetero) is 1. The van der Waals surface area contributed by atoms with E-state index in [9.17, 15) is 4.79 Å². The Morgan fingerprint density at radius 1 is 1.11 bits per heavy atom. The van der Waals surface area contributed by atoms with E-state index in [1.165, 1.54) is 10.8 Å². The first-order valence-corrected chi connectivity index (χ1v) is 6.84. The molecule has 1 fully saturated rings. The SMILES string of the molecule is O=C1CCOC(c2ccc3cc(Br)ccc3c2)C1. The summed E-state index contributed by atoms with van der Waals surface area (Å²) in [6.07, 6.45) is 0.985. The molecule has 0 N–H and O–H groups in total. The van der Waals surface area contributed by atoms with Crippen LogP contribution in [0.5, 0.6) is 0 Å². The van der Waals surface area contributed by atoms with Crippen molar-refractivity contribution in [1.29, 1.82) is 0 Å². The zero-order chi connectivity index (χ0) is 12.5. The summed E-state index contributed by atoms with van der Waals surface area (Å²) in [7, 11) is 0. The Morgan fingerprint density at radius 2 is 1.89 bits per heavy atom. The fourth-order valence-electron chi connectivity index (χ4n) is 2.33. The Bertz CT molecular complexity index is 606. The van der Waals surface area contributed by atoms with E-state index in [-0.39, 0.29) is 6.10 Å². The van der Waals surface area contributed by atoms with Gasteiger partial charge in [0.2, 0.25) is 0 Å². The van der Waals surface area contributed by atoms with Gasteiger partial charge in [0.25, 0.3) is 0 Å². The Labute approximate surface area is 114 Å². The minimum Gasteiger partial charge on any atom is -0.373 e. The maximum absolute atomic E-state index is 11.5. The smallest absolute Gasteiger partial charge is 0.138 e. The molecule has 0 radical (unpaired) electrons. The van der Waals surface area contributed by atoms with Gasteiger partial charge < -0.3 is 4.74 Å². The van der Waals surface area contributed by atoms with Crippen molar-refractivity contribution in [3.63, 3.8) is 0 Å². The third-order valence-corrected chi connectivity index (χ3v) is 3.80. The maximum atomic E-state index is 11.5. The van der Waals surface area contributed by atoms with Crippen molar-refractivity contribution < 1.29 is 9.53 Å². The van der Waals surface area contributed by atoms with E-state index in [1.807, 2.05) is 6.07 Å².